The molecule has 1 unspecified atom stereocenters. The van der Waals surface area contributed by atoms with Crippen LogP contribution in [0, 0.1) is 0 Å². The molecular weight excluding hydrogens is 337 g/mol. The van der Waals surface area contributed by atoms with Crippen LogP contribution >= 0.6 is 0 Å². The number of rotatable bonds is 15. The average Bonchev–Trinajstić information content (AvgIpc) is 3.09. The maximum atomic E-state index is 12.1. The first-order chi connectivity index (χ1) is 12.2. The zero-order valence-electron chi connectivity index (χ0n) is 16.3. The summed E-state index contributed by atoms with van der Waals surface area (Å²) in [5.41, 5.74) is 0. The Bertz CT molecular complexity index is 376. The van der Waals surface area contributed by atoms with Crippen molar-refractivity contribution in [3.05, 3.63) is 0 Å². The standard InChI is InChI=1S/C21H39NO3.Na.H/c1-2-3-4-5-6-7-8-9-10-11-12-13-14-17-20(23)22-18-15-16-19(22)21(24)25;;/h19H,2-18H2,1H3,(H,24,25);;. The molecule has 1 aliphatic heterocycles. The first-order valence-corrected chi connectivity index (χ1v) is 10.7. The van der Waals surface area contributed by atoms with Crippen molar-refractivity contribution in [2.45, 2.75) is 116 Å². The van der Waals surface area contributed by atoms with Gasteiger partial charge in [-0.1, -0.05) is 84.0 Å². The summed E-state index contributed by atoms with van der Waals surface area (Å²) >= 11 is 0. The zero-order valence-corrected chi connectivity index (χ0v) is 16.3. The molecule has 0 aromatic carbocycles. The Balaban J connectivity index is 0.00000625. The van der Waals surface area contributed by atoms with Crippen LogP contribution in [0.5, 0.6) is 0 Å². The minimum atomic E-state index is -0.851. The van der Waals surface area contributed by atoms with Crippen LogP contribution in [0.3, 0.4) is 0 Å². The molecule has 0 spiro atoms. The van der Waals surface area contributed by atoms with Gasteiger partial charge in [-0.05, 0) is 19.3 Å². The monoisotopic (exact) mass is 377 g/mol. The van der Waals surface area contributed by atoms with Gasteiger partial charge in [0.15, 0.2) is 0 Å². The number of carboxylic acids is 1. The molecule has 1 rings (SSSR count). The van der Waals surface area contributed by atoms with Gasteiger partial charge in [0.2, 0.25) is 5.91 Å². The number of hydrogen-bond acceptors (Lipinski definition) is 2. The van der Waals surface area contributed by atoms with Crippen molar-refractivity contribution in [2.75, 3.05) is 6.54 Å². The van der Waals surface area contributed by atoms with Crippen LogP contribution in [0.1, 0.15) is 110 Å². The first-order valence-electron chi connectivity index (χ1n) is 10.7. The van der Waals surface area contributed by atoms with E-state index < -0.39 is 12.0 Å². The maximum absolute atomic E-state index is 12.1. The molecule has 1 aliphatic rings. The van der Waals surface area contributed by atoms with E-state index in [4.69, 9.17) is 5.11 Å². The summed E-state index contributed by atoms with van der Waals surface area (Å²) in [6.07, 6.45) is 18.7. The van der Waals surface area contributed by atoms with Crippen molar-refractivity contribution >= 4 is 41.4 Å². The van der Waals surface area contributed by atoms with Gasteiger partial charge in [0.05, 0.1) is 0 Å². The topological polar surface area (TPSA) is 57.6 Å². The van der Waals surface area contributed by atoms with Crippen LogP contribution in [0.4, 0.5) is 0 Å². The van der Waals surface area contributed by atoms with Gasteiger partial charge in [0.25, 0.3) is 0 Å². The Morgan fingerprint density at radius 2 is 1.31 bits per heavy atom. The summed E-state index contributed by atoms with van der Waals surface area (Å²) in [7, 11) is 0. The number of unbranched alkanes of at least 4 members (excludes halogenated alkanes) is 12. The van der Waals surface area contributed by atoms with Crippen molar-refractivity contribution in [3.63, 3.8) is 0 Å². The van der Waals surface area contributed by atoms with Gasteiger partial charge in [-0.3, -0.25) is 4.79 Å². The van der Waals surface area contributed by atoms with E-state index in [1.165, 1.54) is 70.6 Å². The van der Waals surface area contributed by atoms with Gasteiger partial charge in [0, 0.05) is 13.0 Å². The predicted molar refractivity (Wildman–Crippen MR) is 110 cm³/mol. The Morgan fingerprint density at radius 1 is 0.846 bits per heavy atom. The van der Waals surface area contributed by atoms with Gasteiger partial charge < -0.3 is 10.0 Å². The van der Waals surface area contributed by atoms with E-state index in [0.29, 0.717) is 19.4 Å². The molecule has 0 radical (unpaired) electrons. The molecule has 1 atom stereocenters. The number of carboxylic acid groups (broad SMARTS) is 1. The number of hydrogen-bond donors (Lipinski definition) is 1. The fourth-order valence-corrected chi connectivity index (χ4v) is 3.76. The fraction of sp³-hybridized carbons (Fsp3) is 0.905. The molecule has 0 bridgehead atoms. The van der Waals surface area contributed by atoms with Gasteiger partial charge in [0.1, 0.15) is 6.04 Å². The van der Waals surface area contributed by atoms with E-state index in [9.17, 15) is 9.59 Å². The second-order valence-electron chi connectivity index (χ2n) is 7.58. The average molecular weight is 378 g/mol. The van der Waals surface area contributed by atoms with Crippen molar-refractivity contribution in [3.8, 4) is 0 Å². The van der Waals surface area contributed by atoms with E-state index in [1.807, 2.05) is 0 Å². The van der Waals surface area contributed by atoms with Crippen molar-refractivity contribution in [2.24, 2.45) is 0 Å². The number of carbonyl (C=O) groups is 2. The number of carbonyl (C=O) groups excluding carboxylic acids is 1. The van der Waals surface area contributed by atoms with Crippen LogP contribution in [0.2, 0.25) is 0 Å². The molecule has 1 amide bonds. The Labute approximate surface area is 182 Å². The van der Waals surface area contributed by atoms with Crippen molar-refractivity contribution < 1.29 is 14.7 Å². The molecule has 26 heavy (non-hydrogen) atoms. The molecule has 1 heterocycles. The molecule has 0 aliphatic carbocycles. The van der Waals surface area contributed by atoms with Crippen LogP contribution in [-0.2, 0) is 9.59 Å². The number of aliphatic carboxylic acids is 1. The number of nitrogens with zero attached hydrogens (tertiary/aromatic N) is 1. The van der Waals surface area contributed by atoms with Crippen LogP contribution < -0.4 is 0 Å². The molecule has 1 fully saturated rings. The number of likely N-dealkylation sites (tertiary alicyclic amines) is 1. The number of amides is 1. The van der Waals surface area contributed by atoms with Gasteiger partial charge in [-0.25, -0.2) is 4.79 Å². The first kappa shape index (κ1) is 25.9. The molecule has 5 heteroatoms. The molecule has 148 valence electrons. The summed E-state index contributed by atoms with van der Waals surface area (Å²) in [6.45, 7) is 2.88. The summed E-state index contributed by atoms with van der Waals surface area (Å²) < 4.78 is 0. The third kappa shape index (κ3) is 11.6. The second kappa shape index (κ2) is 17.1. The molecule has 1 N–H and O–H groups in total. The summed E-state index contributed by atoms with van der Waals surface area (Å²) in [5.74, 6) is -0.816. The van der Waals surface area contributed by atoms with Gasteiger partial charge in [-0.2, -0.15) is 0 Å². The Morgan fingerprint density at radius 3 is 1.77 bits per heavy atom. The molecule has 4 nitrogen and oxygen atoms in total. The SMILES string of the molecule is CCCCCCCCCCCCCCCC(=O)N1CCCC1C(=O)O.[NaH]. The molecule has 0 aromatic rings. The summed E-state index contributed by atoms with van der Waals surface area (Å²) in [6, 6.07) is -0.575. The van der Waals surface area contributed by atoms with Crippen LogP contribution in [0.15, 0.2) is 0 Å². The third-order valence-electron chi connectivity index (χ3n) is 5.35. The molecule has 1 saturated heterocycles. The normalized spacial score (nSPS) is 16.5. The quantitative estimate of drug-likeness (QED) is 0.326. The van der Waals surface area contributed by atoms with E-state index in [2.05, 4.69) is 6.92 Å². The second-order valence-corrected chi connectivity index (χ2v) is 7.58. The van der Waals surface area contributed by atoms with E-state index in [0.717, 1.165) is 19.3 Å². The van der Waals surface area contributed by atoms with Crippen molar-refractivity contribution in [1.82, 2.24) is 4.90 Å². The van der Waals surface area contributed by atoms with Crippen molar-refractivity contribution in [1.29, 1.82) is 0 Å². The summed E-state index contributed by atoms with van der Waals surface area (Å²) in [4.78, 5) is 24.8. The molecule has 0 saturated carbocycles. The van der Waals surface area contributed by atoms with Gasteiger partial charge in [-0.15, -0.1) is 0 Å². The Hall–Kier alpha value is -0.0600. The third-order valence-corrected chi connectivity index (χ3v) is 5.35. The fourth-order valence-electron chi connectivity index (χ4n) is 3.76. The van der Waals surface area contributed by atoms with E-state index in [1.54, 1.807) is 4.90 Å². The van der Waals surface area contributed by atoms with Crippen LogP contribution in [0.25, 0.3) is 0 Å². The van der Waals surface area contributed by atoms with Gasteiger partial charge >= 0.3 is 35.5 Å². The molecular formula is C21H40NNaO3. The van der Waals surface area contributed by atoms with E-state index >= 15 is 0 Å². The Kier molecular flexibility index (Phi) is 17.0. The van der Waals surface area contributed by atoms with E-state index in [-0.39, 0.29) is 35.5 Å². The summed E-state index contributed by atoms with van der Waals surface area (Å²) in [5, 5.41) is 9.12. The minimum absolute atomic E-state index is 0. The molecule has 0 aromatic heterocycles. The predicted octanol–water partition coefficient (Wildman–Crippen LogP) is 4.89. The zero-order chi connectivity index (χ0) is 18.3. The van der Waals surface area contributed by atoms with Crippen LogP contribution in [-0.4, -0.2) is 64.0 Å².